The highest BCUT2D eigenvalue weighted by Gasteiger charge is 2.28. The summed E-state index contributed by atoms with van der Waals surface area (Å²) in [5, 5.41) is 0.778. The van der Waals surface area contributed by atoms with E-state index in [0.717, 1.165) is 35.1 Å². The lowest BCUT2D eigenvalue weighted by atomic mass is 10.0. The van der Waals surface area contributed by atoms with Gasteiger partial charge in [-0.1, -0.05) is 18.2 Å². The number of benzene rings is 1. The second-order valence-corrected chi connectivity index (χ2v) is 6.86. The minimum absolute atomic E-state index is 0.0896. The Morgan fingerprint density at radius 3 is 2.92 bits per heavy atom. The standard InChI is InChI=1S/C18H18N2O3S/c1-12-14(10-13-4-2-3-5-15(13)23-12)11-16-17(21)19-18(24-16)20-6-8-22-9-7-20/h2-5,10-12H,6-9H2,1H3/b16-11-/t12-/m1/s1. The van der Waals surface area contributed by atoms with Crippen molar-refractivity contribution in [3.05, 3.63) is 46.4 Å². The summed E-state index contributed by atoms with van der Waals surface area (Å²) >= 11 is 1.44. The number of hydrogen-bond acceptors (Lipinski definition) is 5. The number of hydrogen-bond donors (Lipinski definition) is 0. The number of carbonyl (C=O) groups is 1. The van der Waals surface area contributed by atoms with Crippen LogP contribution in [-0.2, 0) is 9.53 Å². The molecule has 124 valence electrons. The van der Waals surface area contributed by atoms with Crippen molar-refractivity contribution in [1.82, 2.24) is 4.90 Å². The zero-order valence-electron chi connectivity index (χ0n) is 13.4. The van der Waals surface area contributed by atoms with Gasteiger partial charge in [0.25, 0.3) is 5.91 Å². The predicted molar refractivity (Wildman–Crippen MR) is 95.0 cm³/mol. The third-order valence-electron chi connectivity index (χ3n) is 4.20. The fourth-order valence-corrected chi connectivity index (χ4v) is 3.83. The Balaban J connectivity index is 1.56. The maximum atomic E-state index is 12.3. The fraction of sp³-hybridized carbons (Fsp3) is 0.333. The van der Waals surface area contributed by atoms with Crippen LogP contribution in [0.15, 0.2) is 45.8 Å². The van der Waals surface area contributed by atoms with E-state index in [0.29, 0.717) is 18.1 Å². The average molecular weight is 342 g/mol. The van der Waals surface area contributed by atoms with Crippen molar-refractivity contribution in [2.24, 2.45) is 4.99 Å². The summed E-state index contributed by atoms with van der Waals surface area (Å²) in [6.45, 7) is 4.91. The van der Waals surface area contributed by atoms with Crippen LogP contribution in [-0.4, -0.2) is 48.4 Å². The number of nitrogens with zero attached hydrogens (tertiary/aromatic N) is 2. The van der Waals surface area contributed by atoms with Gasteiger partial charge in [0.15, 0.2) is 5.17 Å². The molecule has 0 aliphatic carbocycles. The average Bonchev–Trinajstić information content (AvgIpc) is 2.97. The molecule has 0 unspecified atom stereocenters. The summed E-state index contributed by atoms with van der Waals surface area (Å²) in [6, 6.07) is 7.91. The second kappa shape index (κ2) is 6.45. The van der Waals surface area contributed by atoms with Crippen LogP contribution in [0.2, 0.25) is 0 Å². The molecule has 1 fully saturated rings. The number of rotatable bonds is 1. The molecule has 3 heterocycles. The quantitative estimate of drug-likeness (QED) is 0.735. The third kappa shape index (κ3) is 2.99. The van der Waals surface area contributed by atoms with E-state index in [1.165, 1.54) is 11.8 Å². The maximum Gasteiger partial charge on any atom is 0.286 e. The Bertz CT molecular complexity index is 763. The summed E-state index contributed by atoms with van der Waals surface area (Å²) in [6.07, 6.45) is 3.90. The molecule has 0 radical (unpaired) electrons. The van der Waals surface area contributed by atoms with Crippen LogP contribution < -0.4 is 4.74 Å². The van der Waals surface area contributed by atoms with Crippen LogP contribution in [0.1, 0.15) is 12.5 Å². The third-order valence-corrected chi connectivity index (χ3v) is 5.25. The number of fused-ring (bicyclic) bond motifs is 1. The van der Waals surface area contributed by atoms with Gasteiger partial charge in [0.2, 0.25) is 0 Å². The van der Waals surface area contributed by atoms with Crippen molar-refractivity contribution in [3.63, 3.8) is 0 Å². The molecule has 1 aromatic carbocycles. The highest BCUT2D eigenvalue weighted by molar-refractivity contribution is 8.18. The first-order valence-corrected chi connectivity index (χ1v) is 8.85. The SMILES string of the molecule is C[C@H]1Oc2ccccc2C=C1/C=C1\SC(N2CCOCC2)=NC1=O. The number of para-hydroxylation sites is 1. The van der Waals surface area contributed by atoms with Gasteiger partial charge in [-0.3, -0.25) is 4.79 Å². The first-order valence-electron chi connectivity index (χ1n) is 8.03. The largest absolute Gasteiger partial charge is 0.485 e. The summed E-state index contributed by atoms with van der Waals surface area (Å²) in [4.78, 5) is 19.2. The van der Waals surface area contributed by atoms with Crippen LogP contribution in [0, 0.1) is 0 Å². The number of carbonyl (C=O) groups excluding carboxylic acids is 1. The highest BCUT2D eigenvalue weighted by atomic mass is 32.2. The molecule has 3 aliphatic rings. The van der Waals surface area contributed by atoms with Gasteiger partial charge >= 0.3 is 0 Å². The van der Waals surface area contributed by atoms with E-state index in [1.54, 1.807) is 0 Å². The predicted octanol–water partition coefficient (Wildman–Crippen LogP) is 2.70. The Labute approximate surface area is 145 Å². The van der Waals surface area contributed by atoms with Crippen LogP contribution in [0.4, 0.5) is 0 Å². The van der Waals surface area contributed by atoms with Crippen LogP contribution in [0.5, 0.6) is 5.75 Å². The number of thioether (sulfide) groups is 1. The van der Waals surface area contributed by atoms with E-state index in [4.69, 9.17) is 9.47 Å². The monoisotopic (exact) mass is 342 g/mol. The number of morpholine rings is 1. The molecule has 24 heavy (non-hydrogen) atoms. The smallest absolute Gasteiger partial charge is 0.286 e. The topological polar surface area (TPSA) is 51.1 Å². The Hall–Kier alpha value is -2.05. The van der Waals surface area contributed by atoms with Gasteiger partial charge in [0.1, 0.15) is 11.9 Å². The molecule has 0 saturated carbocycles. The van der Waals surface area contributed by atoms with Crippen molar-refractivity contribution in [3.8, 4) is 5.75 Å². The van der Waals surface area contributed by atoms with Gasteiger partial charge in [-0.2, -0.15) is 4.99 Å². The fourth-order valence-electron chi connectivity index (χ4n) is 2.86. The first-order chi connectivity index (χ1) is 11.7. The molecule has 5 nitrogen and oxygen atoms in total. The van der Waals surface area contributed by atoms with Gasteiger partial charge in [-0.15, -0.1) is 0 Å². The van der Waals surface area contributed by atoms with Crippen molar-refractivity contribution in [2.45, 2.75) is 13.0 Å². The minimum Gasteiger partial charge on any atom is -0.485 e. The van der Waals surface area contributed by atoms with E-state index in [-0.39, 0.29) is 12.0 Å². The summed E-state index contributed by atoms with van der Waals surface area (Å²) < 4.78 is 11.3. The zero-order valence-corrected chi connectivity index (χ0v) is 14.2. The van der Waals surface area contributed by atoms with Gasteiger partial charge in [-0.25, -0.2) is 0 Å². The number of aliphatic imine (C=N–C) groups is 1. The molecule has 6 heteroatoms. The number of ether oxygens (including phenoxy) is 2. The molecule has 1 atom stereocenters. The van der Waals surface area contributed by atoms with Crippen LogP contribution in [0.25, 0.3) is 6.08 Å². The van der Waals surface area contributed by atoms with Gasteiger partial charge < -0.3 is 14.4 Å². The van der Waals surface area contributed by atoms with Gasteiger partial charge in [0, 0.05) is 18.7 Å². The van der Waals surface area contributed by atoms with Crippen molar-refractivity contribution in [2.75, 3.05) is 26.3 Å². The lowest BCUT2D eigenvalue weighted by Crippen LogP contribution is -2.38. The van der Waals surface area contributed by atoms with Crippen molar-refractivity contribution in [1.29, 1.82) is 0 Å². The van der Waals surface area contributed by atoms with Crippen molar-refractivity contribution >= 4 is 28.9 Å². The molecular weight excluding hydrogens is 324 g/mol. The zero-order chi connectivity index (χ0) is 16.5. The molecule has 0 N–H and O–H groups in total. The molecule has 1 saturated heterocycles. The molecule has 0 aromatic heterocycles. The first kappa shape index (κ1) is 15.5. The molecule has 3 aliphatic heterocycles. The van der Waals surface area contributed by atoms with E-state index >= 15 is 0 Å². The molecular formula is C18H18N2O3S. The van der Waals surface area contributed by atoms with Crippen LogP contribution >= 0.6 is 11.8 Å². The van der Waals surface area contributed by atoms with Gasteiger partial charge in [0.05, 0.1) is 18.1 Å². The molecule has 1 aromatic rings. The van der Waals surface area contributed by atoms with Crippen LogP contribution in [0.3, 0.4) is 0 Å². The van der Waals surface area contributed by atoms with E-state index in [9.17, 15) is 4.79 Å². The Morgan fingerprint density at radius 2 is 2.08 bits per heavy atom. The second-order valence-electron chi connectivity index (χ2n) is 5.85. The van der Waals surface area contributed by atoms with E-state index < -0.39 is 0 Å². The maximum absolute atomic E-state index is 12.3. The molecule has 4 rings (SSSR count). The van der Waals surface area contributed by atoms with Gasteiger partial charge in [-0.05, 0) is 42.5 Å². The van der Waals surface area contributed by atoms with Crippen molar-refractivity contribution < 1.29 is 14.3 Å². The van der Waals surface area contributed by atoms with E-state index in [1.807, 2.05) is 37.3 Å². The van der Waals surface area contributed by atoms with E-state index in [2.05, 4.69) is 16.0 Å². The minimum atomic E-state index is -0.173. The summed E-state index contributed by atoms with van der Waals surface area (Å²) in [5.41, 5.74) is 2.02. The normalized spacial score (nSPS) is 25.2. The highest BCUT2D eigenvalue weighted by Crippen LogP contribution is 2.34. The Kier molecular flexibility index (Phi) is 4.16. The Morgan fingerprint density at radius 1 is 1.29 bits per heavy atom. The lowest BCUT2D eigenvalue weighted by Gasteiger charge is -2.27. The molecule has 1 amide bonds. The summed E-state index contributed by atoms with van der Waals surface area (Å²) in [7, 11) is 0. The number of amidine groups is 1. The lowest BCUT2D eigenvalue weighted by molar-refractivity contribution is -0.113. The number of amides is 1. The molecule has 0 bridgehead atoms. The summed E-state index contributed by atoms with van der Waals surface area (Å²) in [5.74, 6) is 0.705. The molecule has 0 spiro atoms.